The summed E-state index contributed by atoms with van der Waals surface area (Å²) < 4.78 is 11.5. The van der Waals surface area contributed by atoms with Crippen molar-refractivity contribution >= 4 is 36.6 Å². The quantitative estimate of drug-likeness (QED) is 0.340. The molecule has 0 aliphatic heterocycles. The minimum atomic E-state index is -2.25. The molecule has 3 aromatic rings. The third kappa shape index (κ3) is 5.30. The summed E-state index contributed by atoms with van der Waals surface area (Å²) in [6, 6.07) is 16.7. The molecule has 2 atom stereocenters. The summed E-state index contributed by atoms with van der Waals surface area (Å²) in [4.78, 5) is 23.3. The Morgan fingerprint density at radius 1 is 1.17 bits per heavy atom. The molecule has 1 amide bonds. The lowest BCUT2D eigenvalue weighted by Crippen LogP contribution is -2.15. The lowest BCUT2D eigenvalue weighted by Gasteiger charge is -2.11. The monoisotopic (exact) mass is 427 g/mol. The first-order valence-corrected chi connectivity index (χ1v) is 11.5. The number of anilines is 2. The molecular formula is C22H24N2O3PS+. The van der Waals surface area contributed by atoms with Crippen molar-refractivity contribution in [2.24, 2.45) is 5.92 Å². The molecule has 0 spiro atoms. The van der Waals surface area contributed by atoms with E-state index >= 15 is 0 Å². The van der Waals surface area contributed by atoms with Crippen LogP contribution in [-0.4, -0.2) is 16.5 Å². The van der Waals surface area contributed by atoms with Crippen molar-refractivity contribution in [3.05, 3.63) is 71.1 Å². The first kappa shape index (κ1) is 21.2. The average molecular weight is 427 g/mol. The number of benzene rings is 2. The highest BCUT2D eigenvalue weighted by Crippen LogP contribution is 2.32. The molecule has 29 heavy (non-hydrogen) atoms. The molecule has 0 saturated carbocycles. The van der Waals surface area contributed by atoms with Gasteiger partial charge < -0.3 is 11.1 Å². The number of amides is 1. The number of nitrogen functional groups attached to an aromatic ring is 1. The Morgan fingerprint density at radius 2 is 1.90 bits per heavy atom. The van der Waals surface area contributed by atoms with Crippen LogP contribution >= 0.6 is 19.4 Å². The van der Waals surface area contributed by atoms with Gasteiger partial charge in [-0.1, -0.05) is 38.1 Å². The molecule has 0 fully saturated rings. The van der Waals surface area contributed by atoms with Gasteiger partial charge in [-0.25, -0.2) is 0 Å². The van der Waals surface area contributed by atoms with Crippen molar-refractivity contribution in [3.63, 3.8) is 0 Å². The number of carbonyl (C=O) groups is 1. The zero-order valence-corrected chi connectivity index (χ0v) is 18.0. The van der Waals surface area contributed by atoms with Gasteiger partial charge in [0.05, 0.1) is 11.4 Å². The maximum absolute atomic E-state index is 12.7. The Balaban J connectivity index is 1.73. The first-order chi connectivity index (χ1) is 13.8. The first-order valence-electron chi connectivity index (χ1n) is 9.34. The van der Waals surface area contributed by atoms with E-state index in [0.717, 1.165) is 16.0 Å². The molecule has 0 saturated heterocycles. The van der Waals surface area contributed by atoms with Crippen LogP contribution < -0.4 is 11.1 Å². The van der Waals surface area contributed by atoms with E-state index in [2.05, 4.69) is 5.32 Å². The summed E-state index contributed by atoms with van der Waals surface area (Å²) in [5.41, 5.74) is 9.24. The van der Waals surface area contributed by atoms with Crippen LogP contribution in [0.15, 0.2) is 60.0 Å². The van der Waals surface area contributed by atoms with E-state index in [0.29, 0.717) is 23.4 Å². The van der Waals surface area contributed by atoms with Gasteiger partial charge in [-0.15, -0.1) is 11.3 Å². The number of carbonyl (C=O) groups excluding carboxylic acids is 1. The van der Waals surface area contributed by atoms with Crippen LogP contribution in [0.5, 0.6) is 0 Å². The van der Waals surface area contributed by atoms with Gasteiger partial charge in [0.15, 0.2) is 5.66 Å². The molecule has 4 N–H and O–H groups in total. The molecule has 7 heteroatoms. The van der Waals surface area contributed by atoms with Crippen molar-refractivity contribution in [2.75, 3.05) is 11.1 Å². The fraction of sp³-hybridized carbons (Fsp3) is 0.227. The maximum atomic E-state index is 12.7. The van der Waals surface area contributed by atoms with Crippen molar-refractivity contribution < 1.29 is 14.3 Å². The Hall–Kier alpha value is -2.53. The number of rotatable bonds is 7. The fourth-order valence-electron chi connectivity index (χ4n) is 3.06. The third-order valence-electron chi connectivity index (χ3n) is 4.82. The van der Waals surface area contributed by atoms with E-state index in [1.165, 1.54) is 0 Å². The van der Waals surface area contributed by atoms with Crippen LogP contribution in [0.4, 0.5) is 11.4 Å². The summed E-state index contributed by atoms with van der Waals surface area (Å²) in [6.07, 6.45) is 0.501. The van der Waals surface area contributed by atoms with Crippen LogP contribution in [0, 0.1) is 5.92 Å². The highest BCUT2D eigenvalue weighted by molar-refractivity contribution is 7.38. The van der Waals surface area contributed by atoms with Crippen LogP contribution in [0.25, 0.3) is 10.4 Å². The van der Waals surface area contributed by atoms with E-state index < -0.39 is 8.03 Å². The molecule has 2 unspecified atom stereocenters. The van der Waals surface area contributed by atoms with Crippen LogP contribution in [-0.2, 0) is 11.0 Å². The largest absolute Gasteiger partial charge is 0.509 e. The van der Waals surface area contributed by atoms with Crippen molar-refractivity contribution in [1.82, 2.24) is 0 Å². The second-order valence-corrected chi connectivity index (χ2v) is 9.46. The Bertz CT molecular complexity index is 1000. The number of nitrogens with one attached hydrogen (secondary N) is 1. The zero-order chi connectivity index (χ0) is 21.0. The lowest BCUT2D eigenvalue weighted by molar-refractivity contribution is 0.102. The van der Waals surface area contributed by atoms with Crippen LogP contribution in [0.1, 0.15) is 29.8 Å². The van der Waals surface area contributed by atoms with E-state index in [1.807, 2.05) is 55.6 Å². The predicted octanol–water partition coefficient (Wildman–Crippen LogP) is 5.55. The lowest BCUT2D eigenvalue weighted by atomic mass is 10.0. The van der Waals surface area contributed by atoms with Crippen molar-refractivity contribution in [1.29, 1.82) is 0 Å². The van der Waals surface area contributed by atoms with E-state index in [1.54, 1.807) is 29.5 Å². The molecule has 1 aromatic heterocycles. The van der Waals surface area contributed by atoms with E-state index in [9.17, 15) is 14.3 Å². The molecule has 0 radical (unpaired) electrons. The number of nitrogens with two attached hydrogens (primary N) is 1. The highest BCUT2D eigenvalue weighted by atomic mass is 32.1. The second-order valence-electron chi connectivity index (χ2n) is 7.25. The Morgan fingerprint density at radius 3 is 2.48 bits per heavy atom. The van der Waals surface area contributed by atoms with Gasteiger partial charge in [0.25, 0.3) is 5.91 Å². The van der Waals surface area contributed by atoms with Gasteiger partial charge in [0, 0.05) is 22.8 Å². The molecule has 150 valence electrons. The Kier molecular flexibility index (Phi) is 6.80. The van der Waals surface area contributed by atoms with Gasteiger partial charge in [-0.2, -0.15) is 4.89 Å². The van der Waals surface area contributed by atoms with E-state index in [4.69, 9.17) is 5.73 Å². The summed E-state index contributed by atoms with van der Waals surface area (Å²) in [5, 5.41) is 4.88. The molecule has 0 bridgehead atoms. The minimum absolute atomic E-state index is 0.102. The predicted molar refractivity (Wildman–Crippen MR) is 121 cm³/mol. The maximum Gasteiger partial charge on any atom is 0.509 e. The summed E-state index contributed by atoms with van der Waals surface area (Å²) >= 11 is 1.62. The summed E-state index contributed by atoms with van der Waals surface area (Å²) in [6.45, 7) is 3.87. The summed E-state index contributed by atoms with van der Waals surface area (Å²) in [5.74, 6) is -0.148. The highest BCUT2D eigenvalue weighted by Gasteiger charge is 2.32. The zero-order valence-electron chi connectivity index (χ0n) is 16.3. The minimum Gasteiger partial charge on any atom is -0.397 e. The number of hydrogen-bond donors (Lipinski definition) is 3. The number of hydrogen-bond acceptors (Lipinski definition) is 4. The van der Waals surface area contributed by atoms with E-state index in [-0.39, 0.29) is 17.5 Å². The molecule has 1 heterocycles. The van der Waals surface area contributed by atoms with Crippen molar-refractivity contribution in [2.45, 2.75) is 25.9 Å². The fourth-order valence-corrected chi connectivity index (χ4v) is 4.66. The van der Waals surface area contributed by atoms with Gasteiger partial charge >= 0.3 is 8.03 Å². The average Bonchev–Trinajstić information content (AvgIpc) is 3.22. The normalized spacial score (nSPS) is 12.6. The molecule has 0 aliphatic rings. The van der Waals surface area contributed by atoms with Gasteiger partial charge in [-0.3, -0.25) is 4.79 Å². The molecule has 2 aromatic carbocycles. The standard InChI is InChI=1S/C22H23N2O3PS/c1-14(2)20(28(26)27)12-15-5-7-16(8-6-15)22(25)24-19-13-17(9-10-18(19)23)21-4-3-11-29-21/h3-11,13-14,20H,12,23H2,1-2H3,(H-,24,25,26,27)/p+1. The van der Waals surface area contributed by atoms with Gasteiger partial charge in [0.2, 0.25) is 0 Å². The van der Waals surface area contributed by atoms with Gasteiger partial charge in [-0.05, 0) is 51.4 Å². The third-order valence-corrected chi connectivity index (χ3v) is 7.09. The molecule has 0 aliphatic carbocycles. The molecule has 5 nitrogen and oxygen atoms in total. The number of thiophene rings is 1. The van der Waals surface area contributed by atoms with Crippen LogP contribution in [0.2, 0.25) is 0 Å². The molecular weight excluding hydrogens is 403 g/mol. The second kappa shape index (κ2) is 9.31. The topological polar surface area (TPSA) is 92.4 Å². The Labute approximate surface area is 175 Å². The van der Waals surface area contributed by atoms with Crippen LogP contribution in [0.3, 0.4) is 0 Å². The van der Waals surface area contributed by atoms with Crippen molar-refractivity contribution in [3.8, 4) is 10.4 Å². The molecule has 3 rings (SSSR count). The summed E-state index contributed by atoms with van der Waals surface area (Å²) in [7, 11) is -2.25. The SMILES string of the molecule is CC(C)C(Cc1ccc(C(=O)Nc2cc(-c3cccs3)ccc2N)cc1)[P+](=O)O. The van der Waals surface area contributed by atoms with Gasteiger partial charge in [0.1, 0.15) is 0 Å². The smallest absolute Gasteiger partial charge is 0.397 e.